The molecule has 176 valence electrons. The maximum atomic E-state index is 13.7. The lowest BCUT2D eigenvalue weighted by Crippen LogP contribution is -2.52. The van der Waals surface area contributed by atoms with Gasteiger partial charge >= 0.3 is 0 Å². The highest BCUT2D eigenvalue weighted by molar-refractivity contribution is 7.93. The van der Waals surface area contributed by atoms with Gasteiger partial charge in [-0.1, -0.05) is 35.3 Å². The summed E-state index contributed by atoms with van der Waals surface area (Å²) >= 11 is 12.2. The number of aromatic nitrogens is 1. The molecule has 2 amide bonds. The van der Waals surface area contributed by atoms with E-state index in [4.69, 9.17) is 23.2 Å². The molecule has 1 aromatic heterocycles. The number of sulfonamides is 1. The minimum absolute atomic E-state index is 0.0478. The monoisotopic (exact) mass is 518 g/mol. The van der Waals surface area contributed by atoms with Crippen LogP contribution in [-0.2, 0) is 26.0 Å². The Morgan fingerprint density at radius 3 is 2.59 bits per heavy atom. The van der Waals surface area contributed by atoms with Gasteiger partial charge in [0.15, 0.2) is 0 Å². The van der Waals surface area contributed by atoms with Gasteiger partial charge in [-0.05, 0) is 54.4 Å². The van der Waals surface area contributed by atoms with E-state index in [1.54, 1.807) is 36.7 Å². The van der Waals surface area contributed by atoms with Gasteiger partial charge in [0.1, 0.15) is 10.9 Å². The van der Waals surface area contributed by atoms with Crippen molar-refractivity contribution in [2.75, 3.05) is 16.2 Å². The van der Waals surface area contributed by atoms with Gasteiger partial charge in [-0.3, -0.25) is 18.9 Å². The van der Waals surface area contributed by atoms with Gasteiger partial charge in [0, 0.05) is 24.0 Å². The Balaban J connectivity index is 1.63. The van der Waals surface area contributed by atoms with Gasteiger partial charge in [-0.25, -0.2) is 8.42 Å². The standard InChI is InChI=1S/C23H20Cl2N4O4S/c24-16-5-6-17(25)21(13-16)34(32,33)29-19-4-2-1-3-18(19)28-23(31)20(29)14-22(30)27-12-9-15-7-10-26-11-8-15/h1-8,10-11,13,20H,9,12,14H2,(H,27,30)(H,28,31)/t20-/m1/s1. The van der Waals surface area contributed by atoms with Crippen LogP contribution in [-0.4, -0.2) is 37.8 Å². The van der Waals surface area contributed by atoms with Gasteiger partial charge in [-0.2, -0.15) is 0 Å². The Morgan fingerprint density at radius 1 is 1.09 bits per heavy atom. The van der Waals surface area contributed by atoms with Crippen LogP contribution >= 0.6 is 23.2 Å². The third kappa shape index (κ3) is 5.01. The smallest absolute Gasteiger partial charge is 0.266 e. The van der Waals surface area contributed by atoms with Crippen LogP contribution < -0.4 is 14.9 Å². The van der Waals surface area contributed by atoms with Crippen LogP contribution in [0.25, 0.3) is 0 Å². The fourth-order valence-electron chi connectivity index (χ4n) is 3.66. The molecule has 11 heteroatoms. The lowest BCUT2D eigenvalue weighted by Gasteiger charge is -2.36. The number of rotatable bonds is 7. The first-order valence-electron chi connectivity index (χ1n) is 10.3. The van der Waals surface area contributed by atoms with E-state index >= 15 is 0 Å². The summed E-state index contributed by atoms with van der Waals surface area (Å²) in [4.78, 5) is 29.4. The number of anilines is 2. The van der Waals surface area contributed by atoms with Crippen LogP contribution in [0.1, 0.15) is 12.0 Å². The predicted octanol–water partition coefficient (Wildman–Crippen LogP) is 3.65. The predicted molar refractivity (Wildman–Crippen MR) is 131 cm³/mol. The van der Waals surface area contributed by atoms with Crippen molar-refractivity contribution in [2.24, 2.45) is 0 Å². The Kier molecular flexibility index (Phi) is 7.06. The van der Waals surface area contributed by atoms with E-state index in [1.807, 2.05) is 12.1 Å². The lowest BCUT2D eigenvalue weighted by molar-refractivity contribution is -0.125. The van der Waals surface area contributed by atoms with E-state index in [1.165, 1.54) is 18.2 Å². The van der Waals surface area contributed by atoms with Crippen LogP contribution in [0.3, 0.4) is 0 Å². The van der Waals surface area contributed by atoms with Crippen molar-refractivity contribution in [1.82, 2.24) is 10.3 Å². The summed E-state index contributed by atoms with van der Waals surface area (Å²) in [5.41, 5.74) is 1.52. The molecule has 2 heterocycles. The molecule has 4 rings (SSSR count). The Hall–Kier alpha value is -3.14. The van der Waals surface area contributed by atoms with Crippen LogP contribution in [0, 0.1) is 0 Å². The number of fused-ring (bicyclic) bond motifs is 1. The minimum atomic E-state index is -4.35. The number of halogens is 2. The largest absolute Gasteiger partial charge is 0.356 e. The number of carbonyl (C=O) groups excluding carboxylic acids is 2. The minimum Gasteiger partial charge on any atom is -0.356 e. The Morgan fingerprint density at radius 2 is 1.82 bits per heavy atom. The van der Waals surface area contributed by atoms with Gasteiger partial charge in [0.05, 0.1) is 22.8 Å². The number of carbonyl (C=O) groups is 2. The van der Waals surface area contributed by atoms with E-state index < -0.39 is 27.9 Å². The van der Waals surface area contributed by atoms with Crippen molar-refractivity contribution in [2.45, 2.75) is 23.8 Å². The van der Waals surface area contributed by atoms with E-state index in [2.05, 4.69) is 15.6 Å². The average molecular weight is 519 g/mol. The summed E-state index contributed by atoms with van der Waals surface area (Å²) in [5, 5.41) is 5.55. The molecule has 0 fully saturated rings. The summed E-state index contributed by atoms with van der Waals surface area (Å²) in [5.74, 6) is -1.09. The zero-order valence-electron chi connectivity index (χ0n) is 17.7. The SMILES string of the molecule is O=C(C[C@@H]1C(=O)Nc2ccccc2N1S(=O)(=O)c1cc(Cl)ccc1Cl)NCCc1ccncc1. The lowest BCUT2D eigenvalue weighted by atomic mass is 10.1. The maximum absolute atomic E-state index is 13.7. The topological polar surface area (TPSA) is 108 Å². The van der Waals surface area contributed by atoms with Gasteiger partial charge in [0.25, 0.3) is 10.0 Å². The van der Waals surface area contributed by atoms with Crippen LogP contribution in [0.4, 0.5) is 11.4 Å². The van der Waals surface area contributed by atoms with Gasteiger partial charge in [-0.15, -0.1) is 0 Å². The molecule has 1 aliphatic heterocycles. The van der Waals surface area contributed by atoms with Crippen molar-refractivity contribution in [3.8, 4) is 0 Å². The highest BCUT2D eigenvalue weighted by Gasteiger charge is 2.42. The normalized spacial score (nSPS) is 15.4. The molecule has 0 bridgehead atoms. The number of hydrogen-bond acceptors (Lipinski definition) is 5. The summed E-state index contributed by atoms with van der Waals surface area (Å²) in [6.45, 7) is 0.320. The zero-order chi connectivity index (χ0) is 24.3. The van der Waals surface area contributed by atoms with Crippen LogP contribution in [0.5, 0.6) is 0 Å². The first kappa shape index (κ1) is 24.0. The molecule has 2 N–H and O–H groups in total. The molecular weight excluding hydrogens is 499 g/mol. The third-order valence-corrected chi connectivity index (χ3v) is 7.82. The third-order valence-electron chi connectivity index (χ3n) is 5.28. The van der Waals surface area contributed by atoms with Crippen molar-refractivity contribution >= 4 is 56.4 Å². The molecule has 0 saturated carbocycles. The molecule has 0 unspecified atom stereocenters. The van der Waals surface area contributed by atoms with E-state index in [0.29, 0.717) is 18.7 Å². The van der Waals surface area contributed by atoms with Crippen molar-refractivity contribution < 1.29 is 18.0 Å². The first-order valence-corrected chi connectivity index (χ1v) is 12.5. The molecule has 0 saturated heterocycles. The summed E-state index contributed by atoms with van der Waals surface area (Å²) in [6.07, 6.45) is 3.50. The maximum Gasteiger partial charge on any atom is 0.266 e. The molecular formula is C23H20Cl2N4O4S. The molecule has 1 aliphatic rings. The van der Waals surface area contributed by atoms with Crippen molar-refractivity contribution in [3.05, 3.63) is 82.6 Å². The number of pyridine rings is 1. The second-order valence-electron chi connectivity index (χ2n) is 7.56. The highest BCUT2D eigenvalue weighted by atomic mass is 35.5. The second kappa shape index (κ2) is 10.0. The van der Waals surface area contributed by atoms with Gasteiger partial charge < -0.3 is 10.6 Å². The number of para-hydroxylation sites is 2. The van der Waals surface area contributed by atoms with Crippen molar-refractivity contribution in [3.63, 3.8) is 0 Å². The number of amides is 2. The number of benzene rings is 2. The molecule has 0 spiro atoms. The second-order valence-corrected chi connectivity index (χ2v) is 10.2. The average Bonchev–Trinajstić information content (AvgIpc) is 2.81. The van der Waals surface area contributed by atoms with E-state index in [0.717, 1.165) is 9.87 Å². The fourth-order valence-corrected chi connectivity index (χ4v) is 6.03. The summed E-state index contributed by atoms with van der Waals surface area (Å²) < 4.78 is 28.4. The highest BCUT2D eigenvalue weighted by Crippen LogP contribution is 2.39. The quantitative estimate of drug-likeness (QED) is 0.496. The number of hydrogen-bond donors (Lipinski definition) is 2. The van der Waals surface area contributed by atoms with Gasteiger partial charge in [0.2, 0.25) is 11.8 Å². The van der Waals surface area contributed by atoms with E-state index in [9.17, 15) is 18.0 Å². The molecule has 34 heavy (non-hydrogen) atoms. The molecule has 0 aliphatic carbocycles. The Bertz CT molecular complexity index is 1340. The Labute approximate surface area is 206 Å². The molecule has 1 atom stereocenters. The van der Waals surface area contributed by atoms with E-state index in [-0.39, 0.29) is 27.0 Å². The van der Waals surface area contributed by atoms with Crippen LogP contribution in [0.15, 0.2) is 71.9 Å². The first-order chi connectivity index (χ1) is 16.3. The van der Waals surface area contributed by atoms with Crippen LogP contribution in [0.2, 0.25) is 10.0 Å². The van der Waals surface area contributed by atoms with Crippen molar-refractivity contribution in [1.29, 1.82) is 0 Å². The number of nitrogens with one attached hydrogen (secondary N) is 2. The fraction of sp³-hybridized carbons (Fsp3) is 0.174. The summed E-state index contributed by atoms with van der Waals surface area (Å²) in [6, 6.07) is 12.9. The molecule has 2 aromatic carbocycles. The number of nitrogens with zero attached hydrogens (tertiary/aromatic N) is 2. The summed E-state index contributed by atoms with van der Waals surface area (Å²) in [7, 11) is -4.35. The molecule has 3 aromatic rings. The molecule has 0 radical (unpaired) electrons. The zero-order valence-corrected chi connectivity index (χ0v) is 20.1. The molecule has 8 nitrogen and oxygen atoms in total.